The van der Waals surface area contributed by atoms with Crippen LogP contribution >= 0.6 is 11.6 Å². The minimum atomic E-state index is -0.0416. The molecule has 1 aromatic carbocycles. The highest BCUT2D eigenvalue weighted by Gasteiger charge is 2.14. The van der Waals surface area contributed by atoms with E-state index in [1.54, 1.807) is 0 Å². The summed E-state index contributed by atoms with van der Waals surface area (Å²) in [5, 5.41) is 3.70. The Hall–Kier alpha value is -1.02. The van der Waals surface area contributed by atoms with Gasteiger partial charge in [-0.15, -0.1) is 0 Å². The molecule has 3 heteroatoms. The Bertz CT molecular complexity index is 392. The zero-order chi connectivity index (χ0) is 13.5. The molecule has 18 heavy (non-hydrogen) atoms. The fourth-order valence-corrected chi connectivity index (χ4v) is 2.42. The molecule has 1 aromatic rings. The highest BCUT2D eigenvalue weighted by molar-refractivity contribution is 6.31. The Morgan fingerprint density at radius 3 is 2.61 bits per heavy atom. The molecule has 0 saturated heterocycles. The average Bonchev–Trinajstić information content (AvgIpc) is 2.29. The first-order valence-electron chi connectivity index (χ1n) is 6.58. The number of benzene rings is 1. The molecular weight excluding hydrogens is 246 g/mol. The van der Waals surface area contributed by atoms with E-state index in [0.717, 1.165) is 18.4 Å². The van der Waals surface area contributed by atoms with E-state index in [1.807, 2.05) is 31.2 Å². The van der Waals surface area contributed by atoms with Gasteiger partial charge >= 0.3 is 0 Å². The first-order valence-corrected chi connectivity index (χ1v) is 6.96. The Balaban J connectivity index is 2.52. The van der Waals surface area contributed by atoms with Crippen LogP contribution in [-0.2, 0) is 4.79 Å². The van der Waals surface area contributed by atoms with Crippen LogP contribution < -0.4 is 5.32 Å². The fraction of sp³-hybridized carbons (Fsp3) is 0.533. The lowest BCUT2D eigenvalue weighted by Gasteiger charge is -2.17. The molecule has 100 valence electrons. The largest absolute Gasteiger partial charge is 0.350 e. The molecule has 0 heterocycles. The van der Waals surface area contributed by atoms with Crippen molar-refractivity contribution >= 4 is 17.5 Å². The highest BCUT2D eigenvalue weighted by atomic mass is 35.5. The van der Waals surface area contributed by atoms with Gasteiger partial charge in [0.15, 0.2) is 0 Å². The van der Waals surface area contributed by atoms with Crippen molar-refractivity contribution in [1.82, 2.24) is 5.32 Å². The predicted molar refractivity (Wildman–Crippen MR) is 76.7 cm³/mol. The first kappa shape index (κ1) is 15.0. The van der Waals surface area contributed by atoms with Gasteiger partial charge in [-0.1, -0.05) is 56.5 Å². The molecule has 2 atom stereocenters. The van der Waals surface area contributed by atoms with Gasteiger partial charge in [0.2, 0.25) is 5.91 Å². The summed E-state index contributed by atoms with van der Waals surface area (Å²) in [5.41, 5.74) is 0.968. The number of rotatable bonds is 6. The lowest BCUT2D eigenvalue weighted by molar-refractivity contribution is -0.122. The maximum Gasteiger partial charge on any atom is 0.220 e. The number of nitrogens with one attached hydrogen (secondary N) is 1. The molecule has 0 saturated carbocycles. The molecule has 0 radical (unpaired) electrons. The van der Waals surface area contributed by atoms with Gasteiger partial charge < -0.3 is 5.32 Å². The maximum absolute atomic E-state index is 11.9. The summed E-state index contributed by atoms with van der Waals surface area (Å²) in [6.45, 7) is 6.22. The summed E-state index contributed by atoms with van der Waals surface area (Å²) in [4.78, 5) is 11.9. The maximum atomic E-state index is 11.9. The van der Waals surface area contributed by atoms with Crippen molar-refractivity contribution in [2.24, 2.45) is 5.92 Å². The normalized spacial score (nSPS) is 14.0. The van der Waals surface area contributed by atoms with Gasteiger partial charge in [-0.25, -0.2) is 0 Å². The van der Waals surface area contributed by atoms with E-state index >= 15 is 0 Å². The molecule has 0 aliphatic rings. The van der Waals surface area contributed by atoms with Crippen LogP contribution in [-0.4, -0.2) is 5.91 Å². The molecule has 0 aromatic heterocycles. The number of carbonyl (C=O) groups excluding carboxylic acids is 1. The average molecular weight is 268 g/mol. The minimum Gasteiger partial charge on any atom is -0.350 e. The second kappa shape index (κ2) is 7.42. The molecule has 1 rings (SSSR count). The van der Waals surface area contributed by atoms with E-state index in [2.05, 4.69) is 19.2 Å². The Kier molecular flexibility index (Phi) is 6.20. The summed E-state index contributed by atoms with van der Waals surface area (Å²) >= 11 is 6.11. The van der Waals surface area contributed by atoms with E-state index in [0.29, 0.717) is 17.4 Å². The van der Waals surface area contributed by atoms with Gasteiger partial charge in [-0.2, -0.15) is 0 Å². The zero-order valence-electron chi connectivity index (χ0n) is 11.4. The molecule has 0 spiro atoms. The Morgan fingerprint density at radius 1 is 1.33 bits per heavy atom. The number of carbonyl (C=O) groups is 1. The predicted octanol–water partition coefficient (Wildman–Crippen LogP) is 4.34. The number of halogens is 1. The Labute approximate surface area is 115 Å². The Morgan fingerprint density at radius 2 is 2.00 bits per heavy atom. The first-order chi connectivity index (χ1) is 8.54. The summed E-state index contributed by atoms with van der Waals surface area (Å²) in [5.74, 6) is 0.539. The van der Waals surface area contributed by atoms with E-state index in [4.69, 9.17) is 11.6 Å². The standard InChI is InChI=1S/C15H22ClNO/c1-4-7-11(2)10-15(18)17-12(3)13-8-5-6-9-14(13)16/h5-6,8-9,11-12H,4,7,10H2,1-3H3,(H,17,18). The second-order valence-electron chi connectivity index (χ2n) is 4.91. The van der Waals surface area contributed by atoms with Crippen LogP contribution in [0.1, 0.15) is 51.6 Å². The van der Waals surface area contributed by atoms with Crippen LogP contribution in [0.25, 0.3) is 0 Å². The van der Waals surface area contributed by atoms with E-state index in [1.165, 1.54) is 0 Å². The van der Waals surface area contributed by atoms with Gasteiger partial charge in [0.25, 0.3) is 0 Å². The summed E-state index contributed by atoms with van der Waals surface area (Å²) in [6.07, 6.45) is 2.80. The summed E-state index contributed by atoms with van der Waals surface area (Å²) in [7, 11) is 0. The lowest BCUT2D eigenvalue weighted by Crippen LogP contribution is -2.28. The number of hydrogen-bond donors (Lipinski definition) is 1. The third kappa shape index (κ3) is 4.69. The van der Waals surface area contributed by atoms with Crippen LogP contribution in [0.2, 0.25) is 5.02 Å². The lowest BCUT2D eigenvalue weighted by atomic mass is 10.0. The van der Waals surface area contributed by atoms with Gasteiger partial charge in [0.1, 0.15) is 0 Å². The summed E-state index contributed by atoms with van der Waals surface area (Å²) in [6, 6.07) is 7.58. The topological polar surface area (TPSA) is 29.1 Å². The van der Waals surface area contributed by atoms with Crippen LogP contribution in [0.5, 0.6) is 0 Å². The molecule has 0 fully saturated rings. The highest BCUT2D eigenvalue weighted by Crippen LogP contribution is 2.22. The van der Waals surface area contributed by atoms with Crippen molar-refractivity contribution in [1.29, 1.82) is 0 Å². The molecule has 0 aliphatic carbocycles. The molecule has 0 aliphatic heterocycles. The molecular formula is C15H22ClNO. The van der Waals surface area contributed by atoms with Crippen LogP contribution in [0.3, 0.4) is 0 Å². The van der Waals surface area contributed by atoms with Gasteiger partial charge in [0.05, 0.1) is 6.04 Å². The van der Waals surface area contributed by atoms with Gasteiger partial charge in [-0.05, 0) is 24.5 Å². The summed E-state index contributed by atoms with van der Waals surface area (Å²) < 4.78 is 0. The van der Waals surface area contributed by atoms with E-state index < -0.39 is 0 Å². The van der Waals surface area contributed by atoms with Crippen LogP contribution in [0.4, 0.5) is 0 Å². The molecule has 2 nitrogen and oxygen atoms in total. The van der Waals surface area contributed by atoms with Crippen molar-refractivity contribution in [2.75, 3.05) is 0 Å². The molecule has 1 amide bonds. The molecule has 0 bridgehead atoms. The monoisotopic (exact) mass is 267 g/mol. The zero-order valence-corrected chi connectivity index (χ0v) is 12.1. The number of hydrogen-bond acceptors (Lipinski definition) is 1. The third-order valence-corrected chi connectivity index (χ3v) is 3.41. The second-order valence-corrected chi connectivity index (χ2v) is 5.32. The number of amides is 1. The molecule has 1 N–H and O–H groups in total. The van der Waals surface area contributed by atoms with Crippen molar-refractivity contribution in [3.63, 3.8) is 0 Å². The van der Waals surface area contributed by atoms with Crippen molar-refractivity contribution in [3.05, 3.63) is 34.9 Å². The van der Waals surface area contributed by atoms with Crippen molar-refractivity contribution in [3.8, 4) is 0 Å². The SMILES string of the molecule is CCCC(C)CC(=O)NC(C)c1ccccc1Cl. The smallest absolute Gasteiger partial charge is 0.220 e. The molecule has 2 unspecified atom stereocenters. The third-order valence-electron chi connectivity index (χ3n) is 3.06. The minimum absolute atomic E-state index is 0.0416. The fourth-order valence-electron chi connectivity index (χ4n) is 2.12. The van der Waals surface area contributed by atoms with Crippen molar-refractivity contribution < 1.29 is 4.79 Å². The van der Waals surface area contributed by atoms with E-state index in [9.17, 15) is 4.79 Å². The van der Waals surface area contributed by atoms with Gasteiger partial charge in [-0.3, -0.25) is 4.79 Å². The van der Waals surface area contributed by atoms with Crippen molar-refractivity contribution in [2.45, 2.75) is 46.1 Å². The van der Waals surface area contributed by atoms with Gasteiger partial charge in [0, 0.05) is 11.4 Å². The van der Waals surface area contributed by atoms with E-state index in [-0.39, 0.29) is 11.9 Å². The van der Waals surface area contributed by atoms with Crippen LogP contribution in [0.15, 0.2) is 24.3 Å². The van der Waals surface area contributed by atoms with Crippen LogP contribution in [0, 0.1) is 5.92 Å². The quantitative estimate of drug-likeness (QED) is 0.816.